The average molecular weight is 296 g/mol. The van der Waals surface area contributed by atoms with Crippen molar-refractivity contribution in [1.82, 2.24) is 5.32 Å². The van der Waals surface area contributed by atoms with E-state index in [4.69, 9.17) is 9.84 Å². The Morgan fingerprint density at radius 2 is 2.00 bits per heavy atom. The quantitative estimate of drug-likeness (QED) is 0.605. The van der Waals surface area contributed by atoms with Crippen molar-refractivity contribution in [2.24, 2.45) is 5.92 Å². The molecule has 0 heterocycles. The minimum Gasteiger partial charge on any atom is -0.490 e. The van der Waals surface area contributed by atoms with Crippen molar-refractivity contribution in [3.63, 3.8) is 0 Å². The molecule has 0 aliphatic rings. The highest BCUT2D eigenvalue weighted by atomic mass is 16.6. The summed E-state index contributed by atoms with van der Waals surface area (Å²) in [5, 5.41) is 22.2. The predicted molar refractivity (Wildman–Crippen MR) is 73.4 cm³/mol. The number of nitro benzene ring substituents is 1. The van der Waals surface area contributed by atoms with Crippen LogP contribution in [-0.2, 0) is 4.79 Å². The van der Waals surface area contributed by atoms with Crippen LogP contribution in [0.25, 0.3) is 0 Å². The molecule has 1 rings (SSSR count). The largest absolute Gasteiger partial charge is 0.490 e. The summed E-state index contributed by atoms with van der Waals surface area (Å²) in [6.45, 7) is 3.30. The van der Waals surface area contributed by atoms with E-state index >= 15 is 0 Å². The number of aliphatic carboxylic acids is 1. The molecule has 8 heteroatoms. The van der Waals surface area contributed by atoms with Crippen LogP contribution in [0.3, 0.4) is 0 Å². The van der Waals surface area contributed by atoms with Gasteiger partial charge >= 0.3 is 11.7 Å². The van der Waals surface area contributed by atoms with E-state index < -0.39 is 22.8 Å². The molecular formula is C13H16N2O6. The van der Waals surface area contributed by atoms with Gasteiger partial charge in [0.05, 0.1) is 12.0 Å². The second-order valence-electron chi connectivity index (χ2n) is 4.68. The smallest absolute Gasteiger partial charge is 0.326 e. The summed E-state index contributed by atoms with van der Waals surface area (Å²) < 4.78 is 4.83. The fourth-order valence-electron chi connectivity index (χ4n) is 1.71. The van der Waals surface area contributed by atoms with E-state index in [0.29, 0.717) is 0 Å². The van der Waals surface area contributed by atoms with Gasteiger partial charge in [-0.05, 0) is 18.1 Å². The molecule has 0 unspecified atom stereocenters. The van der Waals surface area contributed by atoms with Gasteiger partial charge in [-0.25, -0.2) is 4.79 Å². The molecule has 0 spiro atoms. The minimum absolute atomic E-state index is 0.00519. The van der Waals surface area contributed by atoms with Crippen LogP contribution in [0.5, 0.6) is 5.75 Å². The van der Waals surface area contributed by atoms with Gasteiger partial charge in [0.2, 0.25) is 0 Å². The third kappa shape index (κ3) is 3.91. The van der Waals surface area contributed by atoms with Gasteiger partial charge in [-0.3, -0.25) is 14.9 Å². The summed E-state index contributed by atoms with van der Waals surface area (Å²) >= 11 is 0. The number of rotatable bonds is 6. The van der Waals surface area contributed by atoms with Crippen LogP contribution in [0, 0.1) is 16.0 Å². The van der Waals surface area contributed by atoms with E-state index in [0.717, 1.165) is 6.07 Å². The maximum atomic E-state index is 12.0. The Hall–Kier alpha value is -2.64. The Balaban J connectivity index is 3.05. The minimum atomic E-state index is -1.17. The third-order valence-electron chi connectivity index (χ3n) is 2.86. The fraction of sp³-hybridized carbons (Fsp3) is 0.385. The molecule has 0 aliphatic carbocycles. The molecular weight excluding hydrogens is 280 g/mol. The summed E-state index contributed by atoms with van der Waals surface area (Å²) in [6.07, 6.45) is 0. The number of benzene rings is 1. The molecule has 0 saturated carbocycles. The first-order chi connectivity index (χ1) is 9.77. The molecule has 2 N–H and O–H groups in total. The molecule has 0 aromatic heterocycles. The first-order valence-electron chi connectivity index (χ1n) is 6.14. The second kappa shape index (κ2) is 6.69. The predicted octanol–water partition coefficient (Wildman–Crippen LogP) is 1.44. The summed E-state index contributed by atoms with van der Waals surface area (Å²) in [5.41, 5.74) is -0.365. The van der Waals surface area contributed by atoms with E-state index in [-0.39, 0.29) is 22.9 Å². The van der Waals surface area contributed by atoms with E-state index in [1.165, 1.54) is 19.2 Å². The molecule has 0 fully saturated rings. The second-order valence-corrected chi connectivity index (χ2v) is 4.68. The van der Waals surface area contributed by atoms with Crippen LogP contribution < -0.4 is 10.1 Å². The van der Waals surface area contributed by atoms with Gasteiger partial charge in [0.15, 0.2) is 5.75 Å². The van der Waals surface area contributed by atoms with Crippen molar-refractivity contribution in [3.8, 4) is 5.75 Å². The maximum Gasteiger partial charge on any atom is 0.326 e. The van der Waals surface area contributed by atoms with Gasteiger partial charge in [0.1, 0.15) is 6.04 Å². The molecule has 0 saturated heterocycles. The van der Waals surface area contributed by atoms with Crippen LogP contribution in [0.1, 0.15) is 24.2 Å². The lowest BCUT2D eigenvalue weighted by Crippen LogP contribution is -2.44. The number of hydrogen-bond donors (Lipinski definition) is 2. The number of carbonyl (C=O) groups excluding carboxylic acids is 1. The number of carboxylic acids is 1. The number of nitrogens with zero attached hydrogens (tertiary/aromatic N) is 1. The highest BCUT2D eigenvalue weighted by molar-refractivity contribution is 5.97. The van der Waals surface area contributed by atoms with Crippen molar-refractivity contribution in [2.45, 2.75) is 19.9 Å². The van der Waals surface area contributed by atoms with E-state index in [1.54, 1.807) is 13.8 Å². The molecule has 114 valence electrons. The van der Waals surface area contributed by atoms with Gasteiger partial charge in [-0.2, -0.15) is 0 Å². The fourth-order valence-corrected chi connectivity index (χ4v) is 1.71. The van der Waals surface area contributed by atoms with Crippen molar-refractivity contribution in [1.29, 1.82) is 0 Å². The Morgan fingerprint density at radius 1 is 1.38 bits per heavy atom. The molecule has 21 heavy (non-hydrogen) atoms. The molecule has 0 bridgehead atoms. The number of nitrogens with one attached hydrogen (secondary N) is 1. The third-order valence-corrected chi connectivity index (χ3v) is 2.86. The molecule has 1 aromatic rings. The molecule has 0 aliphatic heterocycles. The van der Waals surface area contributed by atoms with Gasteiger partial charge in [0.25, 0.3) is 5.91 Å². The van der Waals surface area contributed by atoms with E-state index in [9.17, 15) is 19.7 Å². The number of carbonyl (C=O) groups is 2. The lowest BCUT2D eigenvalue weighted by molar-refractivity contribution is -0.385. The van der Waals surface area contributed by atoms with Gasteiger partial charge in [-0.15, -0.1) is 0 Å². The van der Waals surface area contributed by atoms with Crippen LogP contribution in [0.15, 0.2) is 18.2 Å². The zero-order valence-electron chi connectivity index (χ0n) is 11.8. The zero-order valence-corrected chi connectivity index (χ0v) is 11.8. The Bertz CT molecular complexity index is 570. The lowest BCUT2D eigenvalue weighted by atomic mass is 10.0. The topological polar surface area (TPSA) is 119 Å². The van der Waals surface area contributed by atoms with Crippen molar-refractivity contribution in [2.75, 3.05) is 7.11 Å². The SMILES string of the molecule is COc1ccc(C(=O)N[C@@H](C(=O)O)C(C)C)cc1[N+](=O)[O-]. The molecule has 0 radical (unpaired) electrons. The number of carboxylic acid groups (broad SMARTS) is 1. The Kier molecular flexibility index (Phi) is 5.23. The summed E-state index contributed by atoms with van der Waals surface area (Å²) in [6, 6.07) is 2.60. The number of methoxy groups -OCH3 is 1. The Morgan fingerprint density at radius 3 is 2.43 bits per heavy atom. The molecule has 1 aromatic carbocycles. The van der Waals surface area contributed by atoms with Crippen LogP contribution in [-0.4, -0.2) is 35.1 Å². The monoisotopic (exact) mass is 296 g/mol. The zero-order chi connectivity index (χ0) is 16.2. The standard InChI is InChI=1S/C13H16N2O6/c1-7(2)11(13(17)18)14-12(16)8-4-5-10(21-3)9(6-8)15(19)20/h4-7,11H,1-3H3,(H,14,16)(H,17,18)/t11-/m1/s1. The lowest BCUT2D eigenvalue weighted by Gasteiger charge is -2.17. The van der Waals surface area contributed by atoms with Crippen LogP contribution in [0.4, 0.5) is 5.69 Å². The van der Waals surface area contributed by atoms with Crippen molar-refractivity contribution < 1.29 is 24.4 Å². The summed E-state index contributed by atoms with van der Waals surface area (Å²) in [4.78, 5) is 33.3. The first-order valence-corrected chi connectivity index (χ1v) is 6.14. The maximum absolute atomic E-state index is 12.0. The first kappa shape index (κ1) is 16.4. The van der Waals surface area contributed by atoms with Gasteiger partial charge < -0.3 is 15.2 Å². The highest BCUT2D eigenvalue weighted by Crippen LogP contribution is 2.27. The van der Waals surface area contributed by atoms with Crippen LogP contribution >= 0.6 is 0 Å². The van der Waals surface area contributed by atoms with Crippen molar-refractivity contribution in [3.05, 3.63) is 33.9 Å². The Labute approximate surface area is 120 Å². The number of hydrogen-bond acceptors (Lipinski definition) is 5. The number of ether oxygens (including phenoxy) is 1. The number of nitro groups is 1. The van der Waals surface area contributed by atoms with E-state index in [2.05, 4.69) is 5.32 Å². The normalized spacial score (nSPS) is 11.8. The average Bonchev–Trinajstić information content (AvgIpc) is 2.42. The molecule has 8 nitrogen and oxygen atoms in total. The van der Waals surface area contributed by atoms with Gasteiger partial charge in [-0.1, -0.05) is 13.8 Å². The van der Waals surface area contributed by atoms with Crippen LogP contribution in [0.2, 0.25) is 0 Å². The summed E-state index contributed by atoms with van der Waals surface area (Å²) in [5.74, 6) is -2.15. The van der Waals surface area contributed by atoms with E-state index in [1.807, 2.05) is 0 Å². The molecule has 1 atom stereocenters. The van der Waals surface area contributed by atoms with Crippen molar-refractivity contribution >= 4 is 17.6 Å². The highest BCUT2D eigenvalue weighted by Gasteiger charge is 2.25. The molecule has 1 amide bonds. The van der Waals surface area contributed by atoms with Gasteiger partial charge in [0, 0.05) is 11.6 Å². The summed E-state index contributed by atoms with van der Waals surface area (Å²) in [7, 11) is 1.28. The number of amides is 1.